The SMILES string of the molecule is CCNCc1ccccc1N(CCO)C1CCC1. The highest BCUT2D eigenvalue weighted by Crippen LogP contribution is 2.31. The summed E-state index contributed by atoms with van der Waals surface area (Å²) in [6, 6.07) is 9.17. The minimum atomic E-state index is 0.228. The van der Waals surface area contributed by atoms with Crippen molar-refractivity contribution in [1.29, 1.82) is 0 Å². The zero-order valence-electron chi connectivity index (χ0n) is 11.2. The lowest BCUT2D eigenvalue weighted by atomic mass is 9.90. The molecule has 0 unspecified atom stereocenters. The molecule has 1 aliphatic carbocycles. The van der Waals surface area contributed by atoms with Crippen LogP contribution in [-0.2, 0) is 6.54 Å². The van der Waals surface area contributed by atoms with Gasteiger partial charge in [0.15, 0.2) is 0 Å². The standard InChI is InChI=1S/C15H24N2O/c1-2-16-12-13-6-3-4-9-15(13)17(10-11-18)14-7-5-8-14/h3-4,6,9,14,16,18H,2,5,7-8,10-12H2,1H3. The minimum Gasteiger partial charge on any atom is -0.395 e. The number of para-hydroxylation sites is 1. The molecule has 3 nitrogen and oxygen atoms in total. The zero-order valence-corrected chi connectivity index (χ0v) is 11.2. The first-order valence-electron chi connectivity index (χ1n) is 7.03. The maximum atomic E-state index is 9.28. The Morgan fingerprint density at radius 1 is 1.33 bits per heavy atom. The fourth-order valence-electron chi connectivity index (χ4n) is 2.51. The van der Waals surface area contributed by atoms with Crippen molar-refractivity contribution in [1.82, 2.24) is 5.32 Å². The molecule has 0 radical (unpaired) electrons. The van der Waals surface area contributed by atoms with Gasteiger partial charge in [0.2, 0.25) is 0 Å². The van der Waals surface area contributed by atoms with Crippen LogP contribution in [-0.4, -0.2) is 30.8 Å². The Hall–Kier alpha value is -1.06. The van der Waals surface area contributed by atoms with Crippen LogP contribution in [0.25, 0.3) is 0 Å². The molecular weight excluding hydrogens is 224 g/mol. The van der Waals surface area contributed by atoms with E-state index in [2.05, 4.69) is 41.4 Å². The van der Waals surface area contributed by atoms with Crippen LogP contribution < -0.4 is 10.2 Å². The van der Waals surface area contributed by atoms with Crippen LogP contribution in [0.1, 0.15) is 31.7 Å². The van der Waals surface area contributed by atoms with Crippen molar-refractivity contribution >= 4 is 5.69 Å². The average molecular weight is 248 g/mol. The molecule has 0 spiro atoms. The molecule has 0 atom stereocenters. The van der Waals surface area contributed by atoms with Gasteiger partial charge in [-0.25, -0.2) is 0 Å². The highest BCUT2D eigenvalue weighted by molar-refractivity contribution is 5.54. The molecule has 0 amide bonds. The first-order valence-corrected chi connectivity index (χ1v) is 7.03. The van der Waals surface area contributed by atoms with E-state index < -0.39 is 0 Å². The number of rotatable bonds is 7. The summed E-state index contributed by atoms with van der Waals surface area (Å²) in [6.07, 6.45) is 3.84. The molecule has 2 N–H and O–H groups in total. The number of benzene rings is 1. The lowest BCUT2D eigenvalue weighted by molar-refractivity contribution is 0.283. The first kappa shape index (κ1) is 13.4. The number of nitrogens with one attached hydrogen (secondary N) is 1. The van der Waals surface area contributed by atoms with Gasteiger partial charge in [0.25, 0.3) is 0 Å². The number of hydrogen-bond acceptors (Lipinski definition) is 3. The molecule has 0 bridgehead atoms. The topological polar surface area (TPSA) is 35.5 Å². The van der Waals surface area contributed by atoms with Gasteiger partial charge in [-0.1, -0.05) is 25.1 Å². The van der Waals surface area contributed by atoms with E-state index >= 15 is 0 Å². The Labute approximate surface area is 110 Å². The molecule has 18 heavy (non-hydrogen) atoms. The van der Waals surface area contributed by atoms with Crippen LogP contribution in [0.4, 0.5) is 5.69 Å². The smallest absolute Gasteiger partial charge is 0.0606 e. The zero-order chi connectivity index (χ0) is 12.8. The average Bonchev–Trinajstić information content (AvgIpc) is 2.34. The molecule has 100 valence electrons. The van der Waals surface area contributed by atoms with Crippen molar-refractivity contribution in [3.05, 3.63) is 29.8 Å². The predicted molar refractivity (Wildman–Crippen MR) is 75.9 cm³/mol. The molecule has 1 saturated carbocycles. The lowest BCUT2D eigenvalue weighted by Crippen LogP contribution is -2.42. The van der Waals surface area contributed by atoms with Crippen LogP contribution in [0.15, 0.2) is 24.3 Å². The largest absolute Gasteiger partial charge is 0.395 e. The number of anilines is 1. The fourth-order valence-corrected chi connectivity index (χ4v) is 2.51. The summed E-state index contributed by atoms with van der Waals surface area (Å²) in [7, 11) is 0. The van der Waals surface area contributed by atoms with E-state index in [9.17, 15) is 5.11 Å². The molecular formula is C15H24N2O. The van der Waals surface area contributed by atoms with Crippen molar-refractivity contribution in [2.75, 3.05) is 24.6 Å². The van der Waals surface area contributed by atoms with Crippen molar-refractivity contribution in [2.24, 2.45) is 0 Å². The number of aliphatic hydroxyl groups excluding tert-OH is 1. The second kappa shape index (κ2) is 6.76. The maximum Gasteiger partial charge on any atom is 0.0606 e. The Balaban J connectivity index is 2.16. The number of hydrogen-bond donors (Lipinski definition) is 2. The number of aliphatic hydroxyl groups is 1. The highest BCUT2D eigenvalue weighted by atomic mass is 16.3. The molecule has 1 fully saturated rings. The molecule has 1 aliphatic rings. The third-order valence-corrected chi connectivity index (χ3v) is 3.72. The summed E-state index contributed by atoms with van der Waals surface area (Å²) >= 11 is 0. The Kier molecular flexibility index (Phi) is 5.02. The molecule has 3 heteroatoms. The van der Waals surface area contributed by atoms with Gasteiger partial charge in [0.05, 0.1) is 6.61 Å². The summed E-state index contributed by atoms with van der Waals surface area (Å²) in [5, 5.41) is 12.7. The van der Waals surface area contributed by atoms with Crippen molar-refractivity contribution in [2.45, 2.75) is 38.8 Å². The molecule has 1 aromatic rings. The second-order valence-corrected chi connectivity index (χ2v) is 4.91. The van der Waals surface area contributed by atoms with Gasteiger partial charge in [-0.15, -0.1) is 0 Å². The van der Waals surface area contributed by atoms with Crippen molar-refractivity contribution in [3.63, 3.8) is 0 Å². The van der Waals surface area contributed by atoms with Gasteiger partial charge in [0, 0.05) is 24.8 Å². The summed E-state index contributed by atoms with van der Waals surface area (Å²) in [4.78, 5) is 2.39. The second-order valence-electron chi connectivity index (χ2n) is 4.91. The Morgan fingerprint density at radius 3 is 2.72 bits per heavy atom. The Morgan fingerprint density at radius 2 is 2.11 bits per heavy atom. The maximum absolute atomic E-state index is 9.28. The van der Waals surface area contributed by atoms with E-state index in [0.29, 0.717) is 6.04 Å². The van der Waals surface area contributed by atoms with Gasteiger partial charge in [-0.3, -0.25) is 0 Å². The van der Waals surface area contributed by atoms with Gasteiger partial charge in [-0.05, 0) is 37.4 Å². The van der Waals surface area contributed by atoms with Crippen LogP contribution in [0, 0.1) is 0 Å². The monoisotopic (exact) mass is 248 g/mol. The summed E-state index contributed by atoms with van der Waals surface area (Å²) < 4.78 is 0. The number of nitrogens with zero attached hydrogens (tertiary/aromatic N) is 1. The first-order chi connectivity index (χ1) is 8.86. The van der Waals surface area contributed by atoms with Crippen molar-refractivity contribution in [3.8, 4) is 0 Å². The van der Waals surface area contributed by atoms with E-state index in [1.54, 1.807) is 0 Å². The van der Waals surface area contributed by atoms with E-state index in [1.165, 1.54) is 30.5 Å². The molecule has 0 aromatic heterocycles. The summed E-state index contributed by atoms with van der Waals surface area (Å²) in [5.41, 5.74) is 2.62. The van der Waals surface area contributed by atoms with Crippen LogP contribution >= 0.6 is 0 Å². The predicted octanol–water partition coefficient (Wildman–Crippen LogP) is 2.15. The molecule has 1 aromatic carbocycles. The van der Waals surface area contributed by atoms with Gasteiger partial charge < -0.3 is 15.3 Å². The van der Waals surface area contributed by atoms with E-state index in [-0.39, 0.29) is 6.61 Å². The Bertz CT molecular complexity index is 363. The summed E-state index contributed by atoms with van der Waals surface area (Å²) in [5.74, 6) is 0. The summed E-state index contributed by atoms with van der Waals surface area (Å²) in [6.45, 7) is 4.99. The normalized spacial score (nSPS) is 15.4. The van der Waals surface area contributed by atoms with E-state index in [1.807, 2.05) is 0 Å². The fraction of sp³-hybridized carbons (Fsp3) is 0.600. The minimum absolute atomic E-state index is 0.228. The lowest BCUT2D eigenvalue weighted by Gasteiger charge is -2.40. The molecule has 2 rings (SSSR count). The van der Waals surface area contributed by atoms with Crippen molar-refractivity contribution < 1.29 is 5.11 Å². The van der Waals surface area contributed by atoms with Gasteiger partial charge in [0.1, 0.15) is 0 Å². The van der Waals surface area contributed by atoms with Gasteiger partial charge in [-0.2, -0.15) is 0 Å². The van der Waals surface area contributed by atoms with Gasteiger partial charge >= 0.3 is 0 Å². The highest BCUT2D eigenvalue weighted by Gasteiger charge is 2.25. The van der Waals surface area contributed by atoms with Crippen LogP contribution in [0.2, 0.25) is 0 Å². The third-order valence-electron chi connectivity index (χ3n) is 3.72. The third kappa shape index (κ3) is 3.03. The quantitative estimate of drug-likeness (QED) is 0.776. The molecule has 0 heterocycles. The molecule has 0 saturated heterocycles. The van der Waals surface area contributed by atoms with Crippen LogP contribution in [0.3, 0.4) is 0 Å². The van der Waals surface area contributed by atoms with Crippen LogP contribution in [0.5, 0.6) is 0 Å². The van der Waals surface area contributed by atoms with E-state index in [4.69, 9.17) is 0 Å². The molecule has 0 aliphatic heterocycles. The van der Waals surface area contributed by atoms with E-state index in [0.717, 1.165) is 19.6 Å².